The van der Waals surface area contributed by atoms with Crippen molar-refractivity contribution >= 4 is 18.7 Å². The van der Waals surface area contributed by atoms with Gasteiger partial charge in [0.05, 0.1) is 6.61 Å². The van der Waals surface area contributed by atoms with Crippen LogP contribution in [-0.2, 0) is 4.43 Å². The van der Waals surface area contributed by atoms with Gasteiger partial charge in [0.25, 0.3) is 8.32 Å². The SMILES string of the molecule is CC1=C(/C=C/C(C)=C/C=C\C=C\CO[Si](c2ccccc2)(c2ccccc2)C(C)(C)C)C(C)(C)CCC1. The summed E-state index contributed by atoms with van der Waals surface area (Å²) in [5.74, 6) is 0. The van der Waals surface area contributed by atoms with E-state index < -0.39 is 8.32 Å². The molecule has 3 rings (SSSR count). The summed E-state index contributed by atoms with van der Waals surface area (Å²) >= 11 is 0. The molecular formula is C35H46OSi. The van der Waals surface area contributed by atoms with E-state index in [9.17, 15) is 0 Å². The van der Waals surface area contributed by atoms with Crippen LogP contribution in [0.1, 0.15) is 67.7 Å². The van der Waals surface area contributed by atoms with Crippen LogP contribution in [0.25, 0.3) is 0 Å². The molecule has 0 saturated carbocycles. The molecule has 196 valence electrons. The Morgan fingerprint density at radius 2 is 1.51 bits per heavy atom. The molecule has 0 heterocycles. The van der Waals surface area contributed by atoms with Crippen LogP contribution < -0.4 is 10.4 Å². The second kappa shape index (κ2) is 12.7. The van der Waals surface area contributed by atoms with Crippen molar-refractivity contribution in [2.24, 2.45) is 5.41 Å². The van der Waals surface area contributed by atoms with Crippen molar-refractivity contribution in [1.82, 2.24) is 0 Å². The summed E-state index contributed by atoms with van der Waals surface area (Å²) < 4.78 is 6.92. The van der Waals surface area contributed by atoms with Crippen LogP contribution in [-0.4, -0.2) is 14.9 Å². The summed E-state index contributed by atoms with van der Waals surface area (Å²) in [4.78, 5) is 0. The molecule has 1 nitrogen and oxygen atoms in total. The maximum absolute atomic E-state index is 6.92. The summed E-state index contributed by atoms with van der Waals surface area (Å²) in [6.45, 7) is 16.7. The zero-order valence-electron chi connectivity index (χ0n) is 24.1. The van der Waals surface area contributed by atoms with E-state index in [-0.39, 0.29) is 10.5 Å². The summed E-state index contributed by atoms with van der Waals surface area (Å²) in [6.07, 6.45) is 19.0. The zero-order chi connectivity index (χ0) is 26.9. The smallest absolute Gasteiger partial charge is 0.261 e. The van der Waals surface area contributed by atoms with Crippen LogP contribution >= 0.6 is 0 Å². The maximum Gasteiger partial charge on any atom is 0.261 e. The molecule has 2 aromatic rings. The van der Waals surface area contributed by atoms with E-state index in [0.717, 1.165) is 0 Å². The van der Waals surface area contributed by atoms with Gasteiger partial charge in [-0.1, -0.05) is 149 Å². The first-order chi connectivity index (χ1) is 17.6. The van der Waals surface area contributed by atoms with Gasteiger partial charge in [0, 0.05) is 0 Å². The minimum Gasteiger partial charge on any atom is -0.404 e. The Kier molecular flexibility index (Phi) is 9.92. The van der Waals surface area contributed by atoms with E-state index in [2.05, 4.69) is 152 Å². The van der Waals surface area contributed by atoms with Gasteiger partial charge >= 0.3 is 0 Å². The summed E-state index contributed by atoms with van der Waals surface area (Å²) in [5, 5.41) is 2.62. The lowest BCUT2D eigenvalue weighted by atomic mass is 9.72. The Bertz CT molecular complexity index is 1120. The first-order valence-electron chi connectivity index (χ1n) is 13.7. The van der Waals surface area contributed by atoms with Crippen molar-refractivity contribution in [2.45, 2.75) is 72.8 Å². The molecular weight excluding hydrogens is 464 g/mol. The number of hydrogen-bond donors (Lipinski definition) is 0. The third kappa shape index (κ3) is 7.21. The highest BCUT2D eigenvalue weighted by molar-refractivity contribution is 6.99. The molecule has 0 radical (unpaired) electrons. The highest BCUT2D eigenvalue weighted by Crippen LogP contribution is 2.41. The van der Waals surface area contributed by atoms with E-state index in [4.69, 9.17) is 4.43 Å². The Morgan fingerprint density at radius 1 is 0.919 bits per heavy atom. The van der Waals surface area contributed by atoms with Gasteiger partial charge < -0.3 is 4.43 Å². The monoisotopic (exact) mass is 510 g/mol. The standard InChI is InChI=1S/C35H46OSi/c1-29(25-26-33-30(2)20-18-27-35(33,6)7)19-12-8-9-17-28-36-37(34(3,4)5,31-21-13-10-14-22-31)32-23-15-11-16-24-32/h8-17,19,21-26H,18,20,27-28H2,1-7H3/b12-8-,17-9+,26-25+,29-19+. The number of rotatable bonds is 9. The second-order valence-corrected chi connectivity index (χ2v) is 16.3. The van der Waals surface area contributed by atoms with Crippen LogP contribution in [0.3, 0.4) is 0 Å². The van der Waals surface area contributed by atoms with Crippen LogP contribution in [0, 0.1) is 5.41 Å². The fourth-order valence-electron chi connectivity index (χ4n) is 5.62. The van der Waals surface area contributed by atoms with Gasteiger partial charge in [0.1, 0.15) is 0 Å². The topological polar surface area (TPSA) is 9.23 Å². The van der Waals surface area contributed by atoms with E-state index in [0.29, 0.717) is 6.61 Å². The van der Waals surface area contributed by atoms with Crippen LogP contribution in [0.5, 0.6) is 0 Å². The Labute approximate surface area is 227 Å². The van der Waals surface area contributed by atoms with Crippen LogP contribution in [0.4, 0.5) is 0 Å². The van der Waals surface area contributed by atoms with Gasteiger partial charge in [-0.05, 0) is 59.5 Å². The minimum atomic E-state index is -2.48. The fraction of sp³-hybridized carbons (Fsp3) is 0.371. The van der Waals surface area contributed by atoms with E-state index >= 15 is 0 Å². The number of allylic oxidation sites excluding steroid dienone is 9. The molecule has 2 aromatic carbocycles. The summed E-state index contributed by atoms with van der Waals surface area (Å²) in [6, 6.07) is 21.6. The Balaban J connectivity index is 1.70. The van der Waals surface area contributed by atoms with Gasteiger partial charge in [0.2, 0.25) is 0 Å². The predicted molar refractivity (Wildman–Crippen MR) is 165 cm³/mol. The largest absolute Gasteiger partial charge is 0.404 e. The molecule has 0 N–H and O–H groups in total. The second-order valence-electron chi connectivity index (χ2n) is 12.0. The normalized spacial score (nSPS) is 17.4. The van der Waals surface area contributed by atoms with Crippen molar-refractivity contribution in [3.05, 3.63) is 120 Å². The van der Waals surface area contributed by atoms with Crippen molar-refractivity contribution in [3.8, 4) is 0 Å². The molecule has 0 aromatic heterocycles. The third-order valence-corrected chi connectivity index (χ3v) is 12.6. The molecule has 0 amide bonds. The fourth-order valence-corrected chi connectivity index (χ4v) is 10.1. The van der Waals surface area contributed by atoms with Gasteiger partial charge in [-0.25, -0.2) is 0 Å². The average molecular weight is 511 g/mol. The molecule has 0 saturated heterocycles. The van der Waals surface area contributed by atoms with Gasteiger partial charge in [-0.15, -0.1) is 0 Å². The van der Waals surface area contributed by atoms with Gasteiger partial charge in [-0.2, -0.15) is 0 Å². The van der Waals surface area contributed by atoms with E-state index in [1.165, 1.54) is 40.8 Å². The molecule has 0 atom stereocenters. The predicted octanol–water partition coefficient (Wildman–Crippen LogP) is 8.70. The van der Waals surface area contributed by atoms with Crippen molar-refractivity contribution in [3.63, 3.8) is 0 Å². The van der Waals surface area contributed by atoms with Crippen LogP contribution in [0.15, 0.2) is 120 Å². The van der Waals surface area contributed by atoms with Crippen LogP contribution in [0.2, 0.25) is 5.04 Å². The van der Waals surface area contributed by atoms with Gasteiger partial charge in [0.15, 0.2) is 0 Å². The molecule has 0 bridgehead atoms. The van der Waals surface area contributed by atoms with Gasteiger partial charge in [-0.3, -0.25) is 0 Å². The highest BCUT2D eigenvalue weighted by atomic mass is 28.4. The molecule has 1 aliphatic carbocycles. The Hall–Kier alpha value is -2.68. The minimum absolute atomic E-state index is 0.00767. The van der Waals surface area contributed by atoms with E-state index in [1.54, 1.807) is 5.57 Å². The molecule has 0 fully saturated rings. The number of hydrogen-bond acceptors (Lipinski definition) is 1. The Morgan fingerprint density at radius 3 is 2.05 bits per heavy atom. The summed E-state index contributed by atoms with van der Waals surface area (Å²) in [7, 11) is -2.48. The lowest BCUT2D eigenvalue weighted by Crippen LogP contribution is -2.66. The quantitative estimate of drug-likeness (QED) is 0.242. The first kappa shape index (κ1) is 28.9. The lowest BCUT2D eigenvalue weighted by Gasteiger charge is -2.42. The van der Waals surface area contributed by atoms with Crippen molar-refractivity contribution < 1.29 is 4.43 Å². The molecule has 2 heteroatoms. The molecule has 0 unspecified atom stereocenters. The van der Waals surface area contributed by atoms with Crippen molar-refractivity contribution in [1.29, 1.82) is 0 Å². The molecule has 37 heavy (non-hydrogen) atoms. The first-order valence-corrected chi connectivity index (χ1v) is 15.6. The van der Waals surface area contributed by atoms with E-state index in [1.807, 2.05) is 0 Å². The summed E-state index contributed by atoms with van der Waals surface area (Å²) in [5.41, 5.74) is 4.59. The third-order valence-electron chi connectivity index (χ3n) is 7.59. The molecule has 0 aliphatic heterocycles. The lowest BCUT2D eigenvalue weighted by molar-refractivity contribution is 0.339. The number of benzene rings is 2. The van der Waals surface area contributed by atoms with Crippen molar-refractivity contribution in [2.75, 3.05) is 6.61 Å². The zero-order valence-corrected chi connectivity index (χ0v) is 25.1. The molecule has 0 spiro atoms. The average Bonchev–Trinajstić information content (AvgIpc) is 2.85. The maximum atomic E-state index is 6.92. The molecule has 1 aliphatic rings. The highest BCUT2D eigenvalue weighted by Gasteiger charge is 2.49.